The van der Waals surface area contributed by atoms with Gasteiger partial charge in [0.1, 0.15) is 5.58 Å². The van der Waals surface area contributed by atoms with Gasteiger partial charge in [0.15, 0.2) is 5.76 Å². The lowest BCUT2D eigenvalue weighted by molar-refractivity contribution is 0.605. The van der Waals surface area contributed by atoms with E-state index in [0.29, 0.717) is 16.7 Å². The molecular weight excluding hydrogens is 372 g/mol. The van der Waals surface area contributed by atoms with Gasteiger partial charge in [-0.05, 0) is 29.0 Å². The minimum Gasteiger partial charge on any atom is -0.455 e. The summed E-state index contributed by atoms with van der Waals surface area (Å²) < 4.78 is 7.03. The maximum Gasteiger partial charge on any atom is 0.205 e. The van der Waals surface area contributed by atoms with E-state index in [2.05, 4.69) is 26.7 Å². The first-order valence-corrected chi connectivity index (χ1v) is 9.46. The van der Waals surface area contributed by atoms with E-state index < -0.39 is 10.9 Å². The smallest absolute Gasteiger partial charge is 0.205 e. The van der Waals surface area contributed by atoms with Crippen LogP contribution < -0.4 is 5.43 Å². The molecule has 4 heteroatoms. The SMILES string of the molecule is O=c1c([SH]2C=CC=C2)c(-c2ccccc2)oc2ccc(Br)cc12. The Morgan fingerprint density at radius 3 is 2.43 bits per heavy atom. The van der Waals surface area contributed by atoms with E-state index in [1.54, 1.807) is 0 Å². The van der Waals surface area contributed by atoms with E-state index in [-0.39, 0.29) is 5.43 Å². The first-order valence-electron chi connectivity index (χ1n) is 7.19. The summed E-state index contributed by atoms with van der Waals surface area (Å²) >= 11 is 3.43. The van der Waals surface area contributed by atoms with Crippen LogP contribution in [0.25, 0.3) is 22.3 Å². The Morgan fingerprint density at radius 1 is 0.957 bits per heavy atom. The van der Waals surface area contributed by atoms with Crippen molar-refractivity contribution in [3.63, 3.8) is 0 Å². The van der Waals surface area contributed by atoms with Gasteiger partial charge in [-0.1, -0.05) is 58.4 Å². The highest BCUT2D eigenvalue weighted by atomic mass is 79.9. The number of fused-ring (bicyclic) bond motifs is 1. The topological polar surface area (TPSA) is 30.2 Å². The number of hydrogen-bond acceptors (Lipinski definition) is 2. The lowest BCUT2D eigenvalue weighted by Gasteiger charge is -2.15. The van der Waals surface area contributed by atoms with Crippen molar-refractivity contribution in [1.29, 1.82) is 0 Å². The molecule has 0 radical (unpaired) electrons. The highest BCUT2D eigenvalue weighted by Gasteiger charge is 2.20. The van der Waals surface area contributed by atoms with E-state index in [9.17, 15) is 4.79 Å². The highest BCUT2D eigenvalue weighted by Crippen LogP contribution is 2.45. The van der Waals surface area contributed by atoms with Crippen LogP contribution in [-0.4, -0.2) is 0 Å². The molecule has 0 saturated carbocycles. The van der Waals surface area contributed by atoms with Gasteiger partial charge in [0.25, 0.3) is 0 Å². The first kappa shape index (κ1) is 14.5. The van der Waals surface area contributed by atoms with Crippen LogP contribution in [0.5, 0.6) is 0 Å². The van der Waals surface area contributed by atoms with E-state index >= 15 is 0 Å². The highest BCUT2D eigenvalue weighted by molar-refractivity contribution is 9.10. The number of benzene rings is 2. The molecule has 23 heavy (non-hydrogen) atoms. The Balaban J connectivity index is 2.09. The summed E-state index contributed by atoms with van der Waals surface area (Å²) in [7, 11) is -0.771. The molecule has 0 aliphatic carbocycles. The van der Waals surface area contributed by atoms with Crippen LogP contribution in [0.1, 0.15) is 0 Å². The molecule has 1 aliphatic rings. The lowest BCUT2D eigenvalue weighted by atomic mass is 10.1. The van der Waals surface area contributed by atoms with Crippen LogP contribution in [0.4, 0.5) is 0 Å². The van der Waals surface area contributed by atoms with E-state index in [4.69, 9.17) is 4.42 Å². The maximum absolute atomic E-state index is 13.1. The fraction of sp³-hybridized carbons (Fsp3) is 0. The van der Waals surface area contributed by atoms with Crippen LogP contribution in [0.3, 0.4) is 0 Å². The third-order valence-electron chi connectivity index (χ3n) is 3.73. The summed E-state index contributed by atoms with van der Waals surface area (Å²) in [4.78, 5) is 13.9. The van der Waals surface area contributed by atoms with Gasteiger partial charge in [0.05, 0.1) is 10.3 Å². The molecule has 4 rings (SSSR count). The fourth-order valence-electron chi connectivity index (χ4n) is 2.66. The average Bonchev–Trinajstić information content (AvgIpc) is 3.10. The minimum absolute atomic E-state index is 0.0497. The summed E-state index contributed by atoms with van der Waals surface area (Å²) in [6.07, 6.45) is 3.98. The second kappa shape index (κ2) is 5.87. The minimum atomic E-state index is -0.771. The van der Waals surface area contributed by atoms with Crippen LogP contribution >= 0.6 is 26.8 Å². The summed E-state index contributed by atoms with van der Waals surface area (Å²) in [5, 5.41) is 4.78. The molecule has 0 fully saturated rings. The quantitative estimate of drug-likeness (QED) is 0.580. The molecule has 3 aromatic rings. The Morgan fingerprint density at radius 2 is 1.70 bits per heavy atom. The Bertz CT molecular complexity index is 991. The van der Waals surface area contributed by atoms with Gasteiger partial charge < -0.3 is 4.42 Å². The molecule has 1 aromatic heterocycles. The predicted molar refractivity (Wildman–Crippen MR) is 101 cm³/mol. The molecule has 0 saturated heterocycles. The van der Waals surface area contributed by atoms with Crippen LogP contribution in [-0.2, 0) is 0 Å². The molecular formula is C19H13BrO2S. The van der Waals surface area contributed by atoms with Crippen LogP contribution in [0.2, 0.25) is 0 Å². The van der Waals surface area contributed by atoms with Crippen molar-refractivity contribution in [2.75, 3.05) is 0 Å². The lowest BCUT2D eigenvalue weighted by Crippen LogP contribution is -2.08. The number of thiol groups is 1. The zero-order chi connectivity index (χ0) is 15.8. The Labute approximate surface area is 144 Å². The van der Waals surface area contributed by atoms with Gasteiger partial charge in [-0.3, -0.25) is 4.79 Å². The molecule has 0 amide bonds. The van der Waals surface area contributed by atoms with Gasteiger partial charge >= 0.3 is 0 Å². The second-order valence-corrected chi connectivity index (χ2v) is 7.98. The average molecular weight is 385 g/mol. The monoisotopic (exact) mass is 384 g/mol. The Kier molecular flexibility index (Phi) is 3.71. The summed E-state index contributed by atoms with van der Waals surface area (Å²) in [5.74, 6) is 0.674. The summed E-state index contributed by atoms with van der Waals surface area (Å²) in [5.41, 5.74) is 1.59. The number of hydrogen-bond donors (Lipinski definition) is 1. The summed E-state index contributed by atoms with van der Waals surface area (Å²) in [6, 6.07) is 15.4. The third kappa shape index (κ3) is 2.58. The van der Waals surface area contributed by atoms with Crippen LogP contribution in [0.15, 0.2) is 90.1 Å². The number of allylic oxidation sites excluding steroid dienone is 2. The van der Waals surface area contributed by atoms with Crippen molar-refractivity contribution >= 4 is 37.8 Å². The molecule has 0 atom stereocenters. The van der Waals surface area contributed by atoms with Gasteiger partial charge in [0, 0.05) is 10.0 Å². The number of rotatable bonds is 2. The maximum atomic E-state index is 13.1. The first-order chi connectivity index (χ1) is 11.2. The molecule has 0 N–H and O–H groups in total. The number of halogens is 1. The van der Waals surface area contributed by atoms with E-state index in [0.717, 1.165) is 14.9 Å². The van der Waals surface area contributed by atoms with Crippen molar-refractivity contribution in [3.05, 3.63) is 86.2 Å². The van der Waals surface area contributed by atoms with E-state index in [1.807, 2.05) is 60.7 Å². The molecule has 2 nitrogen and oxygen atoms in total. The normalized spacial score (nSPS) is 14.7. The molecule has 114 valence electrons. The van der Waals surface area contributed by atoms with Gasteiger partial charge in [0.2, 0.25) is 5.43 Å². The van der Waals surface area contributed by atoms with Crippen molar-refractivity contribution in [2.24, 2.45) is 0 Å². The molecule has 1 aliphatic heterocycles. The van der Waals surface area contributed by atoms with Gasteiger partial charge in [-0.25, -0.2) is 0 Å². The molecule has 0 spiro atoms. The zero-order valence-corrected chi connectivity index (χ0v) is 14.6. The third-order valence-corrected chi connectivity index (χ3v) is 6.13. The second-order valence-electron chi connectivity index (χ2n) is 5.21. The fourth-order valence-corrected chi connectivity index (χ4v) is 4.75. The molecule has 0 unspecified atom stereocenters. The van der Waals surface area contributed by atoms with E-state index in [1.165, 1.54) is 0 Å². The molecule has 2 heterocycles. The summed E-state index contributed by atoms with van der Waals surface area (Å²) in [6.45, 7) is 0. The van der Waals surface area contributed by atoms with Crippen LogP contribution in [0, 0.1) is 0 Å². The Hall–Kier alpha value is -2.04. The van der Waals surface area contributed by atoms with Crippen molar-refractivity contribution in [3.8, 4) is 11.3 Å². The van der Waals surface area contributed by atoms with Crippen molar-refractivity contribution < 1.29 is 4.42 Å². The predicted octanol–water partition coefficient (Wildman–Crippen LogP) is 5.62. The molecule has 0 bridgehead atoms. The van der Waals surface area contributed by atoms with Crippen molar-refractivity contribution in [1.82, 2.24) is 0 Å². The molecule has 2 aromatic carbocycles. The van der Waals surface area contributed by atoms with Crippen molar-refractivity contribution in [2.45, 2.75) is 4.90 Å². The zero-order valence-electron chi connectivity index (χ0n) is 12.1. The largest absolute Gasteiger partial charge is 0.455 e. The van der Waals surface area contributed by atoms with Gasteiger partial charge in [-0.2, -0.15) is 10.9 Å². The standard InChI is InChI=1S/C19H13BrO2S/c20-14-8-9-16-15(12-14)17(21)19(23-10-4-5-11-23)18(22-16)13-6-2-1-3-7-13/h1-12,23H. The van der Waals surface area contributed by atoms with Gasteiger partial charge in [-0.15, -0.1) is 0 Å².